The summed E-state index contributed by atoms with van der Waals surface area (Å²) in [6.07, 6.45) is 0. The summed E-state index contributed by atoms with van der Waals surface area (Å²) in [6, 6.07) is 6.33. The number of anilines is 1. The highest BCUT2D eigenvalue weighted by atomic mass is 16.5. The Bertz CT molecular complexity index is 629. The van der Waals surface area contributed by atoms with Crippen molar-refractivity contribution >= 4 is 23.5 Å². The van der Waals surface area contributed by atoms with E-state index in [4.69, 9.17) is 4.74 Å². The Labute approximate surface area is 155 Å². The number of ether oxygens (including phenoxy) is 1. The molecular formula is C19H29N3O4. The van der Waals surface area contributed by atoms with Gasteiger partial charge < -0.3 is 15.0 Å². The Balaban J connectivity index is 2.71. The fourth-order valence-corrected chi connectivity index (χ4v) is 2.43. The minimum absolute atomic E-state index is 0.0359. The molecule has 1 atom stereocenters. The van der Waals surface area contributed by atoms with Crippen LogP contribution in [0.15, 0.2) is 24.3 Å². The summed E-state index contributed by atoms with van der Waals surface area (Å²) < 4.78 is 4.96. The highest BCUT2D eigenvalue weighted by Crippen LogP contribution is 2.13. The van der Waals surface area contributed by atoms with E-state index < -0.39 is 6.04 Å². The first-order valence-corrected chi connectivity index (χ1v) is 8.90. The topological polar surface area (TPSA) is 79.0 Å². The highest BCUT2D eigenvalue weighted by molar-refractivity contribution is 5.97. The van der Waals surface area contributed by atoms with Crippen LogP contribution < -0.4 is 5.32 Å². The van der Waals surface area contributed by atoms with Crippen LogP contribution in [0.5, 0.6) is 0 Å². The molecule has 1 aromatic carbocycles. The third-order valence-corrected chi connectivity index (χ3v) is 4.13. The lowest BCUT2D eigenvalue weighted by molar-refractivity contribution is -0.148. The average Bonchev–Trinajstić information content (AvgIpc) is 2.62. The van der Waals surface area contributed by atoms with E-state index in [0.29, 0.717) is 30.9 Å². The fourth-order valence-electron chi connectivity index (χ4n) is 2.43. The van der Waals surface area contributed by atoms with Crippen LogP contribution in [-0.2, 0) is 14.3 Å². The smallest absolute Gasteiger partial charge is 0.323 e. The van der Waals surface area contributed by atoms with Crippen LogP contribution in [-0.4, -0.2) is 66.9 Å². The van der Waals surface area contributed by atoms with Crippen LogP contribution in [0.25, 0.3) is 0 Å². The summed E-state index contributed by atoms with van der Waals surface area (Å²) in [4.78, 5) is 39.7. The van der Waals surface area contributed by atoms with Gasteiger partial charge in [0.1, 0.15) is 6.04 Å². The van der Waals surface area contributed by atoms with Crippen molar-refractivity contribution in [3.05, 3.63) is 29.8 Å². The Kier molecular flexibility index (Phi) is 8.78. The fraction of sp³-hybridized carbons (Fsp3) is 0.526. The normalized spacial score (nSPS) is 11.8. The van der Waals surface area contributed by atoms with Gasteiger partial charge in [-0.25, -0.2) is 0 Å². The van der Waals surface area contributed by atoms with Crippen LogP contribution in [0.3, 0.4) is 0 Å². The Hall–Kier alpha value is -2.41. The second kappa shape index (κ2) is 10.6. The molecule has 144 valence electrons. The van der Waals surface area contributed by atoms with Crippen LogP contribution >= 0.6 is 0 Å². The number of carbonyl (C=O) groups is 3. The molecule has 7 nitrogen and oxygen atoms in total. The van der Waals surface area contributed by atoms with Crippen LogP contribution in [0, 0.1) is 0 Å². The molecule has 0 aromatic heterocycles. The second-order valence-corrected chi connectivity index (χ2v) is 5.95. The first-order chi connectivity index (χ1) is 12.3. The third-order valence-electron chi connectivity index (χ3n) is 4.13. The molecule has 26 heavy (non-hydrogen) atoms. The largest absolute Gasteiger partial charge is 0.465 e. The molecule has 0 saturated carbocycles. The maximum absolute atomic E-state index is 12.4. The van der Waals surface area contributed by atoms with Crippen molar-refractivity contribution in [3.8, 4) is 0 Å². The van der Waals surface area contributed by atoms with Gasteiger partial charge in [-0.15, -0.1) is 0 Å². The molecule has 0 aliphatic rings. The number of hydrogen-bond acceptors (Lipinski definition) is 5. The number of nitrogens with one attached hydrogen (secondary N) is 1. The van der Waals surface area contributed by atoms with Crippen molar-refractivity contribution in [2.75, 3.05) is 38.6 Å². The molecule has 0 saturated heterocycles. The molecule has 1 aromatic rings. The van der Waals surface area contributed by atoms with E-state index in [1.54, 1.807) is 55.0 Å². The van der Waals surface area contributed by atoms with E-state index in [1.165, 1.54) is 0 Å². The first kappa shape index (κ1) is 21.6. The monoisotopic (exact) mass is 363 g/mol. The third kappa shape index (κ3) is 6.15. The second-order valence-electron chi connectivity index (χ2n) is 5.95. The molecule has 0 radical (unpaired) electrons. The summed E-state index contributed by atoms with van der Waals surface area (Å²) >= 11 is 0. The molecule has 0 heterocycles. The summed E-state index contributed by atoms with van der Waals surface area (Å²) in [5, 5.41) is 2.77. The van der Waals surface area contributed by atoms with E-state index in [9.17, 15) is 14.4 Å². The van der Waals surface area contributed by atoms with Gasteiger partial charge in [0.2, 0.25) is 5.91 Å². The minimum atomic E-state index is -0.517. The molecule has 1 N–H and O–H groups in total. The first-order valence-electron chi connectivity index (χ1n) is 8.90. The predicted molar refractivity (Wildman–Crippen MR) is 101 cm³/mol. The molecule has 0 spiro atoms. The lowest BCUT2D eigenvalue weighted by Crippen LogP contribution is -2.41. The van der Waals surface area contributed by atoms with E-state index in [0.717, 1.165) is 0 Å². The summed E-state index contributed by atoms with van der Waals surface area (Å²) in [5.74, 6) is -0.704. The van der Waals surface area contributed by atoms with Gasteiger partial charge >= 0.3 is 5.97 Å². The molecule has 0 bridgehead atoms. The quantitative estimate of drug-likeness (QED) is 0.679. The summed E-state index contributed by atoms with van der Waals surface area (Å²) in [5.41, 5.74) is 1.07. The lowest BCUT2D eigenvalue weighted by Gasteiger charge is -2.22. The molecule has 2 amide bonds. The van der Waals surface area contributed by atoms with E-state index in [2.05, 4.69) is 5.32 Å². The number of likely N-dealkylation sites (N-methyl/N-ethyl adjacent to an activating group) is 1. The molecule has 0 unspecified atom stereocenters. The van der Waals surface area contributed by atoms with Crippen molar-refractivity contribution in [1.29, 1.82) is 0 Å². The molecule has 0 aliphatic carbocycles. The standard InChI is InChI=1S/C19H29N3O4/c1-6-22(7-2)18(24)15-10-9-11-16(12-15)20-17(23)13-21(5)14(4)19(25)26-8-3/h9-12,14H,6-8,13H2,1-5H3,(H,20,23)/t14-/m1/s1. The Morgan fingerprint density at radius 2 is 1.81 bits per heavy atom. The van der Waals surface area contributed by atoms with E-state index in [1.807, 2.05) is 13.8 Å². The highest BCUT2D eigenvalue weighted by Gasteiger charge is 2.21. The number of hydrogen-bond donors (Lipinski definition) is 1. The van der Waals surface area contributed by atoms with Gasteiger partial charge in [0.15, 0.2) is 0 Å². The zero-order chi connectivity index (χ0) is 19.7. The number of esters is 1. The van der Waals surface area contributed by atoms with Crippen molar-refractivity contribution in [1.82, 2.24) is 9.80 Å². The number of amides is 2. The van der Waals surface area contributed by atoms with Crippen molar-refractivity contribution in [2.45, 2.75) is 33.7 Å². The predicted octanol–water partition coefficient (Wildman–Crippen LogP) is 1.99. The maximum Gasteiger partial charge on any atom is 0.323 e. The van der Waals surface area contributed by atoms with Gasteiger partial charge in [0, 0.05) is 24.3 Å². The lowest BCUT2D eigenvalue weighted by atomic mass is 10.1. The van der Waals surface area contributed by atoms with Gasteiger partial charge in [-0.05, 0) is 52.9 Å². The Morgan fingerprint density at radius 1 is 1.15 bits per heavy atom. The van der Waals surface area contributed by atoms with E-state index >= 15 is 0 Å². The van der Waals surface area contributed by atoms with Crippen molar-refractivity contribution in [3.63, 3.8) is 0 Å². The van der Waals surface area contributed by atoms with Crippen LogP contribution in [0.1, 0.15) is 38.1 Å². The molecule has 0 aliphatic heterocycles. The van der Waals surface area contributed by atoms with Crippen molar-refractivity contribution in [2.24, 2.45) is 0 Å². The Morgan fingerprint density at radius 3 is 2.38 bits per heavy atom. The van der Waals surface area contributed by atoms with Gasteiger partial charge in [-0.2, -0.15) is 0 Å². The van der Waals surface area contributed by atoms with Crippen molar-refractivity contribution < 1.29 is 19.1 Å². The number of rotatable bonds is 9. The SMILES string of the molecule is CCOC(=O)[C@@H](C)N(C)CC(=O)Nc1cccc(C(=O)N(CC)CC)c1. The summed E-state index contributed by atoms with van der Waals surface area (Å²) in [6.45, 7) is 8.87. The van der Waals surface area contributed by atoms with Gasteiger partial charge in [-0.1, -0.05) is 6.07 Å². The van der Waals surface area contributed by atoms with Crippen LogP contribution in [0.2, 0.25) is 0 Å². The zero-order valence-electron chi connectivity index (χ0n) is 16.2. The molecular weight excluding hydrogens is 334 g/mol. The van der Waals surface area contributed by atoms with Crippen LogP contribution in [0.4, 0.5) is 5.69 Å². The summed E-state index contributed by atoms with van der Waals surface area (Å²) in [7, 11) is 1.68. The molecule has 1 rings (SSSR count). The minimum Gasteiger partial charge on any atom is -0.465 e. The number of carbonyl (C=O) groups excluding carboxylic acids is 3. The average molecular weight is 363 g/mol. The molecule has 7 heteroatoms. The van der Waals surface area contributed by atoms with Gasteiger partial charge in [0.05, 0.1) is 13.2 Å². The number of nitrogens with zero attached hydrogens (tertiary/aromatic N) is 2. The molecule has 0 fully saturated rings. The number of benzene rings is 1. The van der Waals surface area contributed by atoms with Gasteiger partial charge in [-0.3, -0.25) is 19.3 Å². The van der Waals surface area contributed by atoms with Gasteiger partial charge in [0.25, 0.3) is 5.91 Å². The maximum atomic E-state index is 12.4. The van der Waals surface area contributed by atoms with E-state index in [-0.39, 0.29) is 24.3 Å². The zero-order valence-corrected chi connectivity index (χ0v) is 16.2.